The summed E-state index contributed by atoms with van der Waals surface area (Å²) in [6.45, 7) is 3.86. The van der Waals surface area contributed by atoms with Crippen LogP contribution in [0.15, 0.2) is 0 Å². The molecule has 4 bridgehead atoms. The van der Waals surface area contributed by atoms with Crippen LogP contribution in [0.5, 0.6) is 5.88 Å². The third-order valence-corrected chi connectivity index (χ3v) is 5.31. The monoisotopic (exact) mass is 251 g/mol. The molecule has 1 aliphatic carbocycles. The van der Waals surface area contributed by atoms with Gasteiger partial charge in [0.25, 0.3) is 0 Å². The van der Waals surface area contributed by atoms with Crippen molar-refractivity contribution in [3.8, 4) is 5.88 Å². The van der Waals surface area contributed by atoms with Gasteiger partial charge in [-0.3, -0.25) is 0 Å². The molecule has 5 heteroatoms. The van der Waals surface area contributed by atoms with Crippen LogP contribution < -0.4 is 4.74 Å². The topological polar surface area (TPSA) is 38.3 Å². The lowest BCUT2D eigenvalue weighted by molar-refractivity contribution is -0.0371. The Bertz CT molecular complexity index is 405. The highest BCUT2D eigenvalue weighted by atomic mass is 32.1. The van der Waals surface area contributed by atoms with E-state index in [1.54, 1.807) is 7.11 Å². The van der Waals surface area contributed by atoms with Gasteiger partial charge >= 0.3 is 0 Å². The molecule has 1 saturated carbocycles. The molecular formula is C12H17N3OS. The maximum atomic E-state index is 5.37. The van der Waals surface area contributed by atoms with Crippen LogP contribution in [0.4, 0.5) is 0 Å². The first-order valence-corrected chi connectivity index (χ1v) is 7.17. The summed E-state index contributed by atoms with van der Waals surface area (Å²) in [5.41, 5.74) is 1.15. The Hall–Kier alpha value is -0.680. The van der Waals surface area contributed by atoms with Crippen LogP contribution in [0.2, 0.25) is 0 Å². The van der Waals surface area contributed by atoms with Gasteiger partial charge in [0.1, 0.15) is 5.69 Å². The van der Waals surface area contributed by atoms with E-state index in [1.807, 2.05) is 0 Å². The van der Waals surface area contributed by atoms with Gasteiger partial charge in [0.15, 0.2) is 0 Å². The fourth-order valence-electron chi connectivity index (χ4n) is 4.39. The molecule has 17 heavy (non-hydrogen) atoms. The van der Waals surface area contributed by atoms with Crippen molar-refractivity contribution in [2.45, 2.75) is 18.8 Å². The molecule has 0 N–H and O–H groups in total. The summed E-state index contributed by atoms with van der Waals surface area (Å²) >= 11 is 1.30. The maximum Gasteiger partial charge on any atom is 0.249 e. The number of rotatable bonds is 2. The van der Waals surface area contributed by atoms with Crippen molar-refractivity contribution < 1.29 is 4.74 Å². The highest BCUT2D eigenvalue weighted by molar-refractivity contribution is 6.99. The molecule has 4 fully saturated rings. The van der Waals surface area contributed by atoms with Gasteiger partial charge in [-0.25, -0.2) is 0 Å². The normalized spacial score (nSPS) is 43.0. The standard InChI is InChI=1S/C12H17N3OS/c1-16-12-11(13-17-14-12)10-8-2-7-3-9(10)6-15(4-7)5-8/h7-10H,2-6H2,1H3. The van der Waals surface area contributed by atoms with Gasteiger partial charge in [0, 0.05) is 25.6 Å². The van der Waals surface area contributed by atoms with E-state index in [1.165, 1.54) is 44.2 Å². The van der Waals surface area contributed by atoms with Crippen LogP contribution in [0.1, 0.15) is 24.5 Å². The second-order valence-electron chi connectivity index (χ2n) is 5.76. The first-order valence-electron chi connectivity index (χ1n) is 6.44. The van der Waals surface area contributed by atoms with E-state index in [2.05, 4.69) is 13.6 Å². The van der Waals surface area contributed by atoms with Gasteiger partial charge in [-0.2, -0.15) is 4.37 Å². The molecule has 1 aromatic rings. The fourth-order valence-corrected chi connectivity index (χ4v) is 4.96. The average molecular weight is 251 g/mol. The van der Waals surface area contributed by atoms with Crippen molar-refractivity contribution in [1.29, 1.82) is 0 Å². The van der Waals surface area contributed by atoms with Crippen molar-refractivity contribution in [3.63, 3.8) is 0 Å². The first kappa shape index (κ1) is 10.3. The Labute approximate surface area is 105 Å². The summed E-state index contributed by atoms with van der Waals surface area (Å²) in [5.74, 6) is 3.92. The van der Waals surface area contributed by atoms with Crippen LogP contribution in [0.3, 0.4) is 0 Å². The summed E-state index contributed by atoms with van der Waals surface area (Å²) in [6.07, 6.45) is 2.77. The van der Waals surface area contributed by atoms with E-state index < -0.39 is 0 Å². The van der Waals surface area contributed by atoms with Crippen molar-refractivity contribution in [3.05, 3.63) is 5.69 Å². The number of nitrogens with zero attached hydrogens (tertiary/aromatic N) is 3. The average Bonchev–Trinajstić information content (AvgIpc) is 2.75. The number of hydrogen-bond acceptors (Lipinski definition) is 5. The summed E-state index contributed by atoms with van der Waals surface area (Å²) in [7, 11) is 1.71. The lowest BCUT2D eigenvalue weighted by atomic mass is 9.61. The van der Waals surface area contributed by atoms with Gasteiger partial charge in [0.05, 0.1) is 18.8 Å². The van der Waals surface area contributed by atoms with Gasteiger partial charge in [0.2, 0.25) is 5.88 Å². The zero-order valence-corrected chi connectivity index (χ0v) is 10.8. The molecule has 3 aliphatic heterocycles. The third-order valence-electron chi connectivity index (χ3n) is 4.78. The van der Waals surface area contributed by atoms with Crippen molar-refractivity contribution >= 4 is 11.7 Å². The SMILES string of the molecule is COc1nsnc1C1C2CC3CC1CN(C3)C2. The van der Waals surface area contributed by atoms with E-state index in [-0.39, 0.29) is 0 Å². The lowest BCUT2D eigenvalue weighted by Crippen LogP contribution is -2.56. The molecule has 2 unspecified atom stereocenters. The van der Waals surface area contributed by atoms with Gasteiger partial charge in [-0.1, -0.05) is 0 Å². The second-order valence-corrected chi connectivity index (χ2v) is 6.29. The van der Waals surface area contributed by atoms with E-state index >= 15 is 0 Å². The van der Waals surface area contributed by atoms with E-state index in [0.717, 1.165) is 29.3 Å². The van der Waals surface area contributed by atoms with E-state index in [0.29, 0.717) is 5.92 Å². The number of ether oxygens (including phenoxy) is 1. The molecule has 3 saturated heterocycles. The van der Waals surface area contributed by atoms with Crippen LogP contribution in [0, 0.1) is 17.8 Å². The summed E-state index contributed by atoms with van der Waals surface area (Å²) in [6, 6.07) is 0. The number of piperidine rings is 3. The zero-order valence-electron chi connectivity index (χ0n) is 10.0. The lowest BCUT2D eigenvalue weighted by Gasteiger charge is -2.55. The third kappa shape index (κ3) is 1.45. The molecule has 0 amide bonds. The molecule has 0 aromatic carbocycles. The van der Waals surface area contributed by atoms with Crippen LogP contribution in [-0.4, -0.2) is 40.4 Å². The van der Waals surface area contributed by atoms with E-state index in [9.17, 15) is 0 Å². The smallest absolute Gasteiger partial charge is 0.249 e. The van der Waals surface area contributed by atoms with Crippen LogP contribution in [-0.2, 0) is 0 Å². The Morgan fingerprint density at radius 1 is 1.18 bits per heavy atom. The molecular weight excluding hydrogens is 234 g/mol. The van der Waals surface area contributed by atoms with Gasteiger partial charge in [-0.05, 0) is 30.6 Å². The second kappa shape index (κ2) is 3.65. The van der Waals surface area contributed by atoms with Gasteiger partial charge in [-0.15, -0.1) is 4.37 Å². The molecule has 0 spiro atoms. The Morgan fingerprint density at radius 3 is 2.59 bits per heavy atom. The minimum Gasteiger partial charge on any atom is -0.479 e. The van der Waals surface area contributed by atoms with Gasteiger partial charge < -0.3 is 9.64 Å². The Kier molecular flexibility index (Phi) is 2.21. The minimum atomic E-state index is 0.608. The quantitative estimate of drug-likeness (QED) is 0.800. The zero-order chi connectivity index (χ0) is 11.4. The predicted molar refractivity (Wildman–Crippen MR) is 65.3 cm³/mol. The van der Waals surface area contributed by atoms with Crippen molar-refractivity contribution in [2.75, 3.05) is 26.7 Å². The van der Waals surface area contributed by atoms with Crippen molar-refractivity contribution in [1.82, 2.24) is 13.6 Å². The molecule has 5 rings (SSSR count). The number of aromatic nitrogens is 2. The number of methoxy groups -OCH3 is 1. The largest absolute Gasteiger partial charge is 0.479 e. The molecule has 92 valence electrons. The molecule has 0 radical (unpaired) electrons. The molecule has 4 nitrogen and oxygen atoms in total. The maximum absolute atomic E-state index is 5.37. The number of hydrogen-bond donors (Lipinski definition) is 0. The molecule has 4 heterocycles. The van der Waals surface area contributed by atoms with Crippen molar-refractivity contribution in [2.24, 2.45) is 17.8 Å². The summed E-state index contributed by atoms with van der Waals surface area (Å²) in [5, 5.41) is 0. The van der Waals surface area contributed by atoms with Crippen LogP contribution >= 0.6 is 11.7 Å². The Balaban J connectivity index is 1.70. The highest BCUT2D eigenvalue weighted by Crippen LogP contribution is 2.52. The Morgan fingerprint density at radius 2 is 1.94 bits per heavy atom. The molecule has 1 aromatic heterocycles. The summed E-state index contributed by atoms with van der Waals surface area (Å²) < 4.78 is 14.1. The predicted octanol–water partition coefficient (Wildman–Crippen LogP) is 1.60. The first-order chi connectivity index (χ1) is 8.35. The molecule has 2 atom stereocenters. The fraction of sp³-hybridized carbons (Fsp3) is 0.833. The van der Waals surface area contributed by atoms with E-state index in [4.69, 9.17) is 4.74 Å². The highest BCUT2D eigenvalue weighted by Gasteiger charge is 2.49. The minimum absolute atomic E-state index is 0.608. The summed E-state index contributed by atoms with van der Waals surface area (Å²) in [4.78, 5) is 2.65. The van der Waals surface area contributed by atoms with Crippen LogP contribution in [0.25, 0.3) is 0 Å². The molecule has 4 aliphatic rings.